The Morgan fingerprint density at radius 1 is 0.976 bits per heavy atom. The molecule has 42 heavy (non-hydrogen) atoms. The number of amidine groups is 1. The number of anilines is 1. The Kier molecular flexibility index (Phi) is 10.4. The van der Waals surface area contributed by atoms with Gasteiger partial charge in [0.25, 0.3) is 0 Å². The standard InChI is InChI=1S/C31H33N3O7S/c1-5-41-30(37)21-10-12-22(13-11-21)33-31-34(16-15-20-9-14-25(39-3)26(17-20)40-4)28(35)19-27(42-31)29(36)32-23-7-6-8-24(18-23)38-2/h6-14,17-18,27H,5,15-16,19H2,1-4H3,(H,32,36)/t27-/m0/s1. The molecule has 0 unspecified atom stereocenters. The summed E-state index contributed by atoms with van der Waals surface area (Å²) in [4.78, 5) is 45.1. The fraction of sp³-hybridized carbons (Fsp3) is 0.290. The fourth-order valence-electron chi connectivity index (χ4n) is 4.26. The molecule has 11 heteroatoms. The molecule has 0 spiro atoms. The van der Waals surface area contributed by atoms with Gasteiger partial charge in [0, 0.05) is 24.7 Å². The van der Waals surface area contributed by atoms with Crippen molar-refractivity contribution in [3.8, 4) is 17.2 Å². The zero-order valence-corrected chi connectivity index (χ0v) is 24.7. The highest BCUT2D eigenvalue weighted by Crippen LogP contribution is 2.32. The van der Waals surface area contributed by atoms with Crippen molar-refractivity contribution in [3.05, 3.63) is 77.9 Å². The van der Waals surface area contributed by atoms with Crippen LogP contribution in [0.1, 0.15) is 29.3 Å². The van der Waals surface area contributed by atoms with Crippen LogP contribution >= 0.6 is 11.8 Å². The number of benzene rings is 3. The summed E-state index contributed by atoms with van der Waals surface area (Å²) in [6.07, 6.45) is 0.529. The number of esters is 1. The minimum atomic E-state index is -0.696. The van der Waals surface area contributed by atoms with Crippen molar-refractivity contribution >= 4 is 46.1 Å². The maximum atomic E-state index is 13.4. The topological polar surface area (TPSA) is 116 Å². The van der Waals surface area contributed by atoms with Gasteiger partial charge in [0.15, 0.2) is 16.7 Å². The van der Waals surface area contributed by atoms with E-state index in [2.05, 4.69) is 5.32 Å². The number of ether oxygens (including phenoxy) is 4. The van der Waals surface area contributed by atoms with E-state index >= 15 is 0 Å². The Balaban J connectivity index is 1.57. The van der Waals surface area contributed by atoms with Crippen molar-refractivity contribution in [2.75, 3.05) is 39.8 Å². The fourth-order valence-corrected chi connectivity index (χ4v) is 5.38. The molecule has 10 nitrogen and oxygen atoms in total. The van der Waals surface area contributed by atoms with Crippen molar-refractivity contribution in [2.24, 2.45) is 4.99 Å². The van der Waals surface area contributed by atoms with Gasteiger partial charge >= 0.3 is 5.97 Å². The van der Waals surface area contributed by atoms with Gasteiger partial charge in [0.1, 0.15) is 11.0 Å². The monoisotopic (exact) mass is 591 g/mol. The first-order valence-electron chi connectivity index (χ1n) is 13.3. The normalized spacial score (nSPS) is 15.7. The Labute approximate surface area is 249 Å². The molecule has 1 heterocycles. The molecular formula is C31H33N3O7S. The van der Waals surface area contributed by atoms with E-state index in [1.165, 1.54) is 11.8 Å². The van der Waals surface area contributed by atoms with Crippen LogP contribution in [0.4, 0.5) is 11.4 Å². The van der Waals surface area contributed by atoms with Gasteiger partial charge in [0.05, 0.1) is 39.2 Å². The van der Waals surface area contributed by atoms with Crippen LogP contribution in [0.2, 0.25) is 0 Å². The van der Waals surface area contributed by atoms with Gasteiger partial charge in [-0.15, -0.1) is 0 Å². The molecule has 0 aliphatic carbocycles. The van der Waals surface area contributed by atoms with Crippen LogP contribution in [0.3, 0.4) is 0 Å². The number of hydrogen-bond donors (Lipinski definition) is 1. The van der Waals surface area contributed by atoms with Crippen LogP contribution < -0.4 is 19.5 Å². The second-order valence-corrected chi connectivity index (χ2v) is 10.3. The average molecular weight is 592 g/mol. The van der Waals surface area contributed by atoms with E-state index in [0.29, 0.717) is 52.3 Å². The number of nitrogens with zero attached hydrogens (tertiary/aromatic N) is 2. The smallest absolute Gasteiger partial charge is 0.338 e. The molecule has 2 amide bonds. The zero-order chi connectivity index (χ0) is 30.1. The van der Waals surface area contributed by atoms with E-state index in [9.17, 15) is 14.4 Å². The predicted octanol–water partition coefficient (Wildman–Crippen LogP) is 5.09. The van der Waals surface area contributed by atoms with Crippen molar-refractivity contribution in [2.45, 2.75) is 25.0 Å². The van der Waals surface area contributed by atoms with Crippen LogP contribution in [-0.2, 0) is 20.7 Å². The third kappa shape index (κ3) is 7.61. The third-order valence-corrected chi connectivity index (χ3v) is 7.63. The second kappa shape index (κ2) is 14.4. The van der Waals surface area contributed by atoms with Crippen molar-refractivity contribution in [1.29, 1.82) is 0 Å². The lowest BCUT2D eigenvalue weighted by molar-refractivity contribution is -0.129. The summed E-state index contributed by atoms with van der Waals surface area (Å²) in [5.74, 6) is 0.858. The van der Waals surface area contributed by atoms with E-state index in [0.717, 1.165) is 5.56 Å². The maximum absolute atomic E-state index is 13.4. The third-order valence-electron chi connectivity index (χ3n) is 6.44. The quantitative estimate of drug-likeness (QED) is 0.307. The Bertz CT molecular complexity index is 1460. The van der Waals surface area contributed by atoms with E-state index in [1.54, 1.807) is 81.7 Å². The number of thioether (sulfide) groups is 1. The summed E-state index contributed by atoms with van der Waals surface area (Å²) < 4.78 is 21.0. The number of amides is 2. The molecule has 1 saturated heterocycles. The summed E-state index contributed by atoms with van der Waals surface area (Å²) >= 11 is 1.22. The molecule has 3 aromatic rings. The molecule has 1 aliphatic heterocycles. The minimum Gasteiger partial charge on any atom is -0.497 e. The summed E-state index contributed by atoms with van der Waals surface area (Å²) in [5, 5.41) is 2.57. The average Bonchev–Trinajstić information content (AvgIpc) is 3.00. The van der Waals surface area contributed by atoms with Gasteiger partial charge in [-0.05, 0) is 67.4 Å². The van der Waals surface area contributed by atoms with Crippen LogP contribution in [-0.4, -0.2) is 67.6 Å². The molecule has 1 atom stereocenters. The number of carbonyl (C=O) groups is 3. The molecule has 0 aromatic heterocycles. The highest BCUT2D eigenvalue weighted by Gasteiger charge is 2.36. The van der Waals surface area contributed by atoms with Crippen molar-refractivity contribution < 1.29 is 33.3 Å². The van der Waals surface area contributed by atoms with Crippen LogP contribution in [0.15, 0.2) is 71.7 Å². The minimum absolute atomic E-state index is 0.00716. The summed E-state index contributed by atoms with van der Waals surface area (Å²) in [6.45, 7) is 2.36. The molecule has 4 rings (SSSR count). The van der Waals surface area contributed by atoms with E-state index in [-0.39, 0.29) is 24.8 Å². The van der Waals surface area contributed by atoms with Gasteiger partial charge in [-0.1, -0.05) is 23.9 Å². The Hall–Kier alpha value is -4.51. The highest BCUT2D eigenvalue weighted by atomic mass is 32.2. The molecule has 1 aliphatic rings. The van der Waals surface area contributed by atoms with Gasteiger partial charge in [-0.2, -0.15) is 0 Å². The lowest BCUT2D eigenvalue weighted by Gasteiger charge is -2.32. The van der Waals surface area contributed by atoms with E-state index < -0.39 is 11.2 Å². The van der Waals surface area contributed by atoms with Crippen molar-refractivity contribution in [1.82, 2.24) is 4.90 Å². The molecule has 220 valence electrons. The number of rotatable bonds is 11. The zero-order valence-electron chi connectivity index (χ0n) is 23.9. The largest absolute Gasteiger partial charge is 0.497 e. The van der Waals surface area contributed by atoms with Crippen LogP contribution in [0.5, 0.6) is 17.2 Å². The molecule has 0 radical (unpaired) electrons. The first-order valence-corrected chi connectivity index (χ1v) is 14.2. The van der Waals surface area contributed by atoms with Gasteiger partial charge in [0.2, 0.25) is 11.8 Å². The first-order chi connectivity index (χ1) is 20.3. The maximum Gasteiger partial charge on any atom is 0.338 e. The lowest BCUT2D eigenvalue weighted by atomic mass is 10.1. The number of aliphatic imine (C=N–C) groups is 1. The Morgan fingerprint density at radius 2 is 1.74 bits per heavy atom. The summed E-state index contributed by atoms with van der Waals surface area (Å²) in [5.41, 5.74) is 2.44. The number of hydrogen-bond acceptors (Lipinski definition) is 9. The van der Waals surface area contributed by atoms with E-state index in [1.807, 2.05) is 18.2 Å². The summed E-state index contributed by atoms with van der Waals surface area (Å²) in [6, 6.07) is 19.2. The van der Waals surface area contributed by atoms with Gasteiger partial charge < -0.3 is 24.3 Å². The number of nitrogens with one attached hydrogen (secondary N) is 1. The number of methoxy groups -OCH3 is 3. The molecule has 0 saturated carbocycles. The predicted molar refractivity (Wildman–Crippen MR) is 162 cm³/mol. The second-order valence-electron chi connectivity index (χ2n) is 9.18. The SMILES string of the molecule is CCOC(=O)c1ccc(N=C2S[C@H](C(=O)Nc3cccc(OC)c3)CC(=O)N2CCc2ccc(OC)c(OC)c2)cc1. The lowest BCUT2D eigenvalue weighted by Crippen LogP contribution is -2.46. The van der Waals surface area contributed by atoms with Gasteiger partial charge in [-0.25, -0.2) is 9.79 Å². The van der Waals surface area contributed by atoms with E-state index in [4.69, 9.17) is 23.9 Å². The molecule has 3 aromatic carbocycles. The van der Waals surface area contributed by atoms with Crippen LogP contribution in [0, 0.1) is 0 Å². The van der Waals surface area contributed by atoms with Crippen molar-refractivity contribution in [3.63, 3.8) is 0 Å². The molecular weight excluding hydrogens is 558 g/mol. The van der Waals surface area contributed by atoms with Gasteiger partial charge in [-0.3, -0.25) is 14.5 Å². The Morgan fingerprint density at radius 3 is 2.43 bits per heavy atom. The number of carbonyl (C=O) groups excluding carboxylic acids is 3. The first kappa shape index (κ1) is 30.4. The summed E-state index contributed by atoms with van der Waals surface area (Å²) in [7, 11) is 4.69. The van der Waals surface area contributed by atoms with Crippen LogP contribution in [0.25, 0.3) is 0 Å². The highest BCUT2D eigenvalue weighted by molar-refractivity contribution is 8.15. The molecule has 1 fully saturated rings. The molecule has 0 bridgehead atoms. The molecule has 1 N–H and O–H groups in total.